The highest BCUT2D eigenvalue weighted by atomic mass is 16.5. The lowest BCUT2D eigenvalue weighted by molar-refractivity contribution is -0.146. The van der Waals surface area contributed by atoms with E-state index in [1.807, 2.05) is 12.2 Å². The Bertz CT molecular complexity index is 742. The lowest BCUT2D eigenvalue weighted by Crippen LogP contribution is -2.38. The highest BCUT2D eigenvalue weighted by molar-refractivity contribution is 5.79. The number of carboxylic acids is 1. The van der Waals surface area contributed by atoms with Crippen molar-refractivity contribution >= 4 is 11.9 Å². The minimum atomic E-state index is -0.645. The quantitative estimate of drug-likeness (QED) is 0.238. The van der Waals surface area contributed by atoms with Crippen LogP contribution >= 0.6 is 0 Å². The molecule has 0 spiro atoms. The maximum atomic E-state index is 12.0. The van der Waals surface area contributed by atoms with Crippen molar-refractivity contribution in [2.75, 3.05) is 6.61 Å². The maximum absolute atomic E-state index is 12.0. The molecule has 0 saturated heterocycles. The molecule has 0 heterocycles. The number of aliphatic carboxylic acids is 1. The van der Waals surface area contributed by atoms with Gasteiger partial charge in [-0.05, 0) is 100 Å². The molecule has 4 aliphatic carbocycles. The molecule has 4 aliphatic rings. The second-order valence-corrected chi connectivity index (χ2v) is 10.7. The zero-order chi connectivity index (χ0) is 23.4. The van der Waals surface area contributed by atoms with Crippen LogP contribution < -0.4 is 0 Å². The molecule has 7 atom stereocenters. The summed E-state index contributed by atoms with van der Waals surface area (Å²) in [4.78, 5) is 26.4. The number of fused-ring (bicyclic) bond motifs is 2. The fourth-order valence-corrected chi connectivity index (χ4v) is 7.13. The van der Waals surface area contributed by atoms with Gasteiger partial charge in [-0.15, -0.1) is 13.2 Å². The topological polar surface area (TPSA) is 68.0 Å². The van der Waals surface area contributed by atoms with Gasteiger partial charge in [-0.1, -0.05) is 19.6 Å². The van der Waals surface area contributed by atoms with Crippen molar-refractivity contribution in [2.45, 2.75) is 91.0 Å². The monoisotopic (exact) mass is 457 g/mol. The van der Waals surface area contributed by atoms with Gasteiger partial charge < -0.3 is 14.7 Å². The minimum absolute atomic E-state index is 0. The van der Waals surface area contributed by atoms with Gasteiger partial charge in [0, 0.05) is 0 Å². The van der Waals surface area contributed by atoms with Gasteiger partial charge in [0.25, 0.3) is 0 Å². The molecule has 0 aromatic rings. The van der Waals surface area contributed by atoms with E-state index in [2.05, 4.69) is 18.0 Å². The Labute approximate surface area is 200 Å². The van der Waals surface area contributed by atoms with E-state index in [0.29, 0.717) is 13.0 Å². The first-order valence-corrected chi connectivity index (χ1v) is 12.3. The molecule has 5 nitrogen and oxygen atoms in total. The van der Waals surface area contributed by atoms with Crippen LogP contribution in [0.2, 0.25) is 0 Å². The molecule has 0 aromatic carbocycles. The first-order chi connectivity index (χ1) is 15.3. The van der Waals surface area contributed by atoms with E-state index in [4.69, 9.17) is 16.4 Å². The third-order valence-electron chi connectivity index (χ3n) is 8.75. The normalized spacial score (nSPS) is 36.0. The van der Waals surface area contributed by atoms with Crippen LogP contribution in [0, 0.1) is 41.1 Å². The number of nitrogens with zero attached hydrogens (tertiary/aromatic N) is 1. The number of hydrogen-bond donors (Lipinski definition) is 1. The summed E-state index contributed by atoms with van der Waals surface area (Å²) in [5.74, 6) is 2.12. The average Bonchev–Trinajstić information content (AvgIpc) is 3.10. The van der Waals surface area contributed by atoms with Crippen molar-refractivity contribution < 1.29 is 19.4 Å². The number of allylic oxidation sites excluding steroid dienone is 2. The molecule has 3 unspecified atom stereocenters. The lowest BCUT2D eigenvalue weighted by Gasteiger charge is -2.29. The lowest BCUT2D eigenvalue weighted by atomic mass is 9.75. The van der Waals surface area contributed by atoms with Crippen LogP contribution in [-0.4, -0.2) is 29.7 Å². The Hall–Kier alpha value is -2.09. The highest BCUT2D eigenvalue weighted by Gasteiger charge is 2.58. The largest absolute Gasteiger partial charge is 0.481 e. The van der Waals surface area contributed by atoms with Crippen molar-refractivity contribution in [3.05, 3.63) is 36.7 Å². The Kier molecular flexibility index (Phi) is 9.35. The minimum Gasteiger partial charge on any atom is -0.481 e. The number of carboxylic acid groups (broad SMARTS) is 1. The summed E-state index contributed by atoms with van der Waals surface area (Å²) in [6.45, 7) is 17.1. The summed E-state index contributed by atoms with van der Waals surface area (Å²) in [6.07, 6.45) is 15.1. The molecule has 0 aliphatic heterocycles. The molecule has 4 fully saturated rings. The number of hydrogen-bond acceptors (Lipinski definition) is 3. The van der Waals surface area contributed by atoms with Crippen molar-refractivity contribution in [1.29, 1.82) is 0 Å². The van der Waals surface area contributed by atoms with Crippen molar-refractivity contribution in [3.63, 3.8) is 0 Å². The van der Waals surface area contributed by atoms with E-state index in [9.17, 15) is 9.59 Å². The molecule has 184 valence electrons. The predicted molar refractivity (Wildman–Crippen MR) is 131 cm³/mol. The molecule has 0 radical (unpaired) electrons. The van der Waals surface area contributed by atoms with Crippen LogP contribution in [0.4, 0.5) is 0 Å². The third kappa shape index (κ3) is 5.70. The summed E-state index contributed by atoms with van der Waals surface area (Å²) in [5, 5.41) is 8.92. The Morgan fingerprint density at radius 2 is 1.52 bits per heavy atom. The van der Waals surface area contributed by atoms with Gasteiger partial charge in [0.2, 0.25) is 0 Å². The summed E-state index contributed by atoms with van der Waals surface area (Å²) < 4.78 is 5.08. The molecular formula is C28H43NO4. The number of carbonyl (C=O) groups is 2. The number of esters is 1. The predicted octanol–water partition coefficient (Wildman–Crippen LogP) is 6.70. The van der Waals surface area contributed by atoms with E-state index in [0.717, 1.165) is 62.2 Å². The maximum Gasteiger partial charge on any atom is 0.390 e. The van der Waals surface area contributed by atoms with Crippen LogP contribution in [0.3, 0.4) is 0 Å². The zero-order valence-corrected chi connectivity index (χ0v) is 19.6. The fraction of sp³-hybridized carbons (Fsp3) is 0.750. The van der Waals surface area contributed by atoms with Crippen molar-refractivity contribution in [3.8, 4) is 0 Å². The van der Waals surface area contributed by atoms with Crippen LogP contribution in [0.5, 0.6) is 0 Å². The van der Waals surface area contributed by atoms with Gasteiger partial charge in [-0.2, -0.15) is 0 Å². The second kappa shape index (κ2) is 11.4. The molecule has 4 rings (SSSR count). The molecule has 1 N–H and O–H groups in total. The summed E-state index contributed by atoms with van der Waals surface area (Å²) in [5.41, 5.74) is -0.152. The van der Waals surface area contributed by atoms with Gasteiger partial charge in [0.15, 0.2) is 0 Å². The first-order valence-electron chi connectivity index (χ1n) is 12.3. The van der Waals surface area contributed by atoms with E-state index in [1.54, 1.807) is 6.92 Å². The SMILES string of the molecule is C.C=CCC1(CC(=O)O)C[C@H]2CC[C@H]2C1.[C-]#[N+]C(C(=O)OCC)C1(CC=C)C[C@H]2CC[C@H]2C1. The number of rotatable bonds is 9. The molecule has 0 amide bonds. The van der Waals surface area contributed by atoms with E-state index in [-0.39, 0.29) is 24.2 Å². The van der Waals surface area contributed by atoms with E-state index in [1.165, 1.54) is 25.7 Å². The van der Waals surface area contributed by atoms with Gasteiger partial charge in [0.1, 0.15) is 0 Å². The molecule has 4 saturated carbocycles. The van der Waals surface area contributed by atoms with Crippen LogP contribution in [0.25, 0.3) is 4.85 Å². The molecular weight excluding hydrogens is 414 g/mol. The second-order valence-electron chi connectivity index (χ2n) is 10.7. The van der Waals surface area contributed by atoms with Crippen LogP contribution in [0.1, 0.15) is 85.0 Å². The highest BCUT2D eigenvalue weighted by Crippen LogP contribution is 2.59. The van der Waals surface area contributed by atoms with Gasteiger partial charge in [0.05, 0.1) is 18.4 Å². The Balaban J connectivity index is 0.000000233. The smallest absolute Gasteiger partial charge is 0.390 e. The third-order valence-corrected chi connectivity index (χ3v) is 8.75. The fourth-order valence-electron chi connectivity index (χ4n) is 7.13. The first kappa shape index (κ1) is 27.2. The summed E-state index contributed by atoms with van der Waals surface area (Å²) in [6, 6.07) is -0.638. The summed E-state index contributed by atoms with van der Waals surface area (Å²) >= 11 is 0. The van der Waals surface area contributed by atoms with Gasteiger partial charge in [-0.3, -0.25) is 4.79 Å². The zero-order valence-electron chi connectivity index (χ0n) is 19.6. The van der Waals surface area contributed by atoms with Crippen LogP contribution in [0.15, 0.2) is 25.3 Å². The molecule has 5 heteroatoms. The standard InChI is InChI=1S/C15H21NO2.C12H18O2.CH4/c1-4-8-15(9-11-6-7-12(11)10-15)13(16-3)14(17)18-5-2;1-2-5-12(8-11(13)14)6-9-3-4-10(9)7-12;/h4,11-13H,1,5-10H2,2H3;2,9-10H,1,3-8H2,(H,13,14);1H4/t11-,12+,13?,15?;9-,10+,12?;. The molecule has 0 aromatic heterocycles. The van der Waals surface area contributed by atoms with Crippen molar-refractivity contribution in [2.24, 2.45) is 34.5 Å². The van der Waals surface area contributed by atoms with E-state index < -0.39 is 12.0 Å². The van der Waals surface area contributed by atoms with Gasteiger partial charge in [-0.25, -0.2) is 11.4 Å². The van der Waals surface area contributed by atoms with Crippen LogP contribution in [-0.2, 0) is 14.3 Å². The Morgan fingerprint density at radius 1 is 1.03 bits per heavy atom. The van der Waals surface area contributed by atoms with Crippen molar-refractivity contribution in [1.82, 2.24) is 0 Å². The van der Waals surface area contributed by atoms with Gasteiger partial charge >= 0.3 is 18.0 Å². The Morgan fingerprint density at radius 3 is 1.88 bits per heavy atom. The number of carbonyl (C=O) groups excluding carboxylic acids is 1. The molecule has 33 heavy (non-hydrogen) atoms. The van der Waals surface area contributed by atoms with E-state index >= 15 is 0 Å². The molecule has 0 bridgehead atoms. The summed E-state index contributed by atoms with van der Waals surface area (Å²) in [7, 11) is 0. The average molecular weight is 458 g/mol. The number of ether oxygens (including phenoxy) is 1.